The number of aliphatic hydroxyl groups is 1. The summed E-state index contributed by atoms with van der Waals surface area (Å²) in [6.07, 6.45) is -0.465. The van der Waals surface area contributed by atoms with Crippen molar-refractivity contribution >= 4 is 12.1 Å². The molecule has 1 fully saturated rings. The molecule has 104 valence electrons. The van der Waals surface area contributed by atoms with Gasteiger partial charge >= 0.3 is 12.1 Å². The summed E-state index contributed by atoms with van der Waals surface area (Å²) in [4.78, 5) is 24.8. The molecule has 1 aliphatic rings. The van der Waals surface area contributed by atoms with Crippen molar-refractivity contribution in [1.82, 2.24) is 4.90 Å². The topological polar surface area (TPSA) is 76.1 Å². The number of nitrogens with zero attached hydrogens (tertiary/aromatic N) is 1. The number of rotatable bonds is 2. The van der Waals surface area contributed by atoms with Crippen molar-refractivity contribution in [3.63, 3.8) is 0 Å². The van der Waals surface area contributed by atoms with Gasteiger partial charge in [0.2, 0.25) is 0 Å². The summed E-state index contributed by atoms with van der Waals surface area (Å²) in [6.45, 7) is 5.73. The van der Waals surface area contributed by atoms with Gasteiger partial charge in [0.1, 0.15) is 5.60 Å². The number of aliphatic hydroxyl groups excluding tert-OH is 1. The smallest absolute Gasteiger partial charge is 0.410 e. The fraction of sp³-hybridized carbons (Fsp3) is 0.833. The zero-order valence-electron chi connectivity index (χ0n) is 11.3. The molecule has 18 heavy (non-hydrogen) atoms. The quantitative estimate of drug-likeness (QED) is 0.736. The Morgan fingerprint density at radius 2 is 1.94 bits per heavy atom. The molecule has 1 aliphatic heterocycles. The van der Waals surface area contributed by atoms with Gasteiger partial charge in [-0.1, -0.05) is 0 Å². The van der Waals surface area contributed by atoms with E-state index in [9.17, 15) is 14.7 Å². The lowest BCUT2D eigenvalue weighted by Gasteiger charge is -2.24. The fourth-order valence-electron chi connectivity index (χ4n) is 1.95. The lowest BCUT2D eigenvalue weighted by Crippen LogP contribution is -2.36. The maximum absolute atomic E-state index is 11.8. The van der Waals surface area contributed by atoms with Crippen molar-refractivity contribution in [3.8, 4) is 0 Å². The number of carbonyl (C=O) groups excluding carboxylic acids is 2. The molecule has 0 aromatic rings. The zero-order chi connectivity index (χ0) is 13.9. The summed E-state index contributed by atoms with van der Waals surface area (Å²) in [6, 6.07) is 0. The largest absolute Gasteiger partial charge is 0.469 e. The first-order valence-corrected chi connectivity index (χ1v) is 5.95. The monoisotopic (exact) mass is 259 g/mol. The number of esters is 1. The Morgan fingerprint density at radius 1 is 1.33 bits per heavy atom. The average molecular weight is 259 g/mol. The number of hydrogen-bond donors (Lipinski definition) is 1. The highest BCUT2D eigenvalue weighted by molar-refractivity contribution is 5.76. The second-order valence-corrected chi connectivity index (χ2v) is 5.46. The maximum atomic E-state index is 11.8. The first kappa shape index (κ1) is 14.8. The molecule has 0 bridgehead atoms. The molecule has 2 atom stereocenters. The van der Waals surface area contributed by atoms with E-state index in [-0.39, 0.29) is 19.1 Å². The first-order valence-electron chi connectivity index (χ1n) is 5.95. The van der Waals surface area contributed by atoms with Gasteiger partial charge < -0.3 is 19.5 Å². The van der Waals surface area contributed by atoms with Crippen LogP contribution in [0.4, 0.5) is 4.79 Å². The summed E-state index contributed by atoms with van der Waals surface area (Å²) < 4.78 is 9.90. The van der Waals surface area contributed by atoms with Crippen LogP contribution < -0.4 is 0 Å². The second kappa shape index (κ2) is 5.56. The third-order valence-electron chi connectivity index (χ3n) is 2.83. The molecule has 0 aromatic heterocycles. The molecule has 1 rings (SSSR count). The Balaban J connectivity index is 2.66. The summed E-state index contributed by atoms with van der Waals surface area (Å²) in [5.74, 6) is -1.17. The van der Waals surface area contributed by atoms with Crippen LogP contribution in [0.15, 0.2) is 0 Å². The van der Waals surface area contributed by atoms with E-state index in [1.165, 1.54) is 12.0 Å². The summed E-state index contributed by atoms with van der Waals surface area (Å²) in [5.41, 5.74) is -0.574. The minimum absolute atomic E-state index is 0.154. The van der Waals surface area contributed by atoms with Gasteiger partial charge in [-0.2, -0.15) is 0 Å². The van der Waals surface area contributed by atoms with E-state index in [1.807, 2.05) is 0 Å². The molecular formula is C12H21NO5. The molecule has 6 heteroatoms. The van der Waals surface area contributed by atoms with Crippen LogP contribution in [-0.2, 0) is 14.3 Å². The highest BCUT2D eigenvalue weighted by Crippen LogP contribution is 2.25. The normalized spacial score (nSPS) is 23.9. The number of hydrogen-bond acceptors (Lipinski definition) is 5. The summed E-state index contributed by atoms with van der Waals surface area (Å²) >= 11 is 0. The van der Waals surface area contributed by atoms with Crippen LogP contribution in [0.1, 0.15) is 20.8 Å². The molecule has 0 spiro atoms. The Hall–Kier alpha value is -1.30. The van der Waals surface area contributed by atoms with Crippen LogP contribution >= 0.6 is 0 Å². The third kappa shape index (κ3) is 3.60. The molecular weight excluding hydrogens is 238 g/mol. The van der Waals surface area contributed by atoms with E-state index in [2.05, 4.69) is 4.74 Å². The van der Waals surface area contributed by atoms with Crippen molar-refractivity contribution in [2.75, 3.05) is 26.8 Å². The lowest BCUT2D eigenvalue weighted by molar-refractivity contribution is -0.146. The van der Waals surface area contributed by atoms with E-state index in [1.54, 1.807) is 20.8 Å². The van der Waals surface area contributed by atoms with E-state index < -0.39 is 23.6 Å². The van der Waals surface area contributed by atoms with Crippen LogP contribution in [0.3, 0.4) is 0 Å². The van der Waals surface area contributed by atoms with E-state index >= 15 is 0 Å². The van der Waals surface area contributed by atoms with Crippen LogP contribution in [0.25, 0.3) is 0 Å². The third-order valence-corrected chi connectivity index (χ3v) is 2.83. The number of amides is 1. The van der Waals surface area contributed by atoms with Gasteiger partial charge in [-0.25, -0.2) is 4.79 Å². The predicted octanol–water partition coefficient (Wildman–Crippen LogP) is 0.635. The van der Waals surface area contributed by atoms with E-state index in [4.69, 9.17) is 4.74 Å². The highest BCUT2D eigenvalue weighted by Gasteiger charge is 2.41. The van der Waals surface area contributed by atoms with Crippen molar-refractivity contribution in [3.05, 3.63) is 0 Å². The zero-order valence-corrected chi connectivity index (χ0v) is 11.3. The van der Waals surface area contributed by atoms with Crippen LogP contribution in [0.5, 0.6) is 0 Å². The molecule has 0 aromatic carbocycles. The van der Waals surface area contributed by atoms with Gasteiger partial charge in [-0.05, 0) is 20.8 Å². The number of carbonyl (C=O) groups is 2. The molecule has 1 heterocycles. The Kier molecular flexibility index (Phi) is 4.56. The number of methoxy groups -OCH3 is 1. The predicted molar refractivity (Wildman–Crippen MR) is 63.9 cm³/mol. The molecule has 1 saturated heterocycles. The van der Waals surface area contributed by atoms with Crippen molar-refractivity contribution in [1.29, 1.82) is 0 Å². The lowest BCUT2D eigenvalue weighted by atomic mass is 9.97. The van der Waals surface area contributed by atoms with Crippen LogP contribution in [-0.4, -0.2) is 54.5 Å². The van der Waals surface area contributed by atoms with Gasteiger partial charge in [0.15, 0.2) is 0 Å². The van der Waals surface area contributed by atoms with Gasteiger partial charge in [0.25, 0.3) is 0 Å². The van der Waals surface area contributed by atoms with E-state index in [0.717, 1.165) is 0 Å². The van der Waals surface area contributed by atoms with Crippen LogP contribution in [0.2, 0.25) is 0 Å². The molecule has 1 amide bonds. The highest BCUT2D eigenvalue weighted by atomic mass is 16.6. The molecule has 0 radical (unpaired) electrons. The van der Waals surface area contributed by atoms with Crippen molar-refractivity contribution in [2.45, 2.75) is 26.4 Å². The molecule has 0 saturated carbocycles. The number of likely N-dealkylation sites (tertiary alicyclic amines) is 1. The maximum Gasteiger partial charge on any atom is 0.410 e. The van der Waals surface area contributed by atoms with Crippen LogP contribution in [0, 0.1) is 11.8 Å². The standard InChI is InChI=1S/C12H21NO5/c1-12(2,3)18-11(16)13-5-8(7-14)9(6-13)10(15)17-4/h8-9,14H,5-7H2,1-4H3. The minimum atomic E-state index is -0.574. The average Bonchev–Trinajstić information content (AvgIpc) is 2.69. The molecule has 2 unspecified atom stereocenters. The Morgan fingerprint density at radius 3 is 2.39 bits per heavy atom. The molecule has 1 N–H and O–H groups in total. The van der Waals surface area contributed by atoms with Crippen molar-refractivity contribution in [2.24, 2.45) is 11.8 Å². The Labute approximate surface area is 107 Å². The van der Waals surface area contributed by atoms with Gasteiger partial charge in [0.05, 0.1) is 13.0 Å². The molecule has 0 aliphatic carbocycles. The SMILES string of the molecule is COC(=O)C1CN(C(=O)OC(C)(C)C)CC1CO. The fourth-order valence-corrected chi connectivity index (χ4v) is 1.95. The van der Waals surface area contributed by atoms with Gasteiger partial charge in [0, 0.05) is 25.6 Å². The minimum Gasteiger partial charge on any atom is -0.469 e. The van der Waals surface area contributed by atoms with E-state index in [0.29, 0.717) is 6.54 Å². The van der Waals surface area contributed by atoms with Gasteiger partial charge in [-0.15, -0.1) is 0 Å². The van der Waals surface area contributed by atoms with Gasteiger partial charge in [-0.3, -0.25) is 4.79 Å². The first-order chi connectivity index (χ1) is 8.28. The summed E-state index contributed by atoms with van der Waals surface area (Å²) in [5, 5.41) is 9.23. The second-order valence-electron chi connectivity index (χ2n) is 5.46. The summed E-state index contributed by atoms with van der Waals surface area (Å²) in [7, 11) is 1.30. The molecule has 6 nitrogen and oxygen atoms in total. The Bertz CT molecular complexity index is 323. The number of ether oxygens (including phenoxy) is 2. The van der Waals surface area contributed by atoms with Crippen molar-refractivity contribution < 1.29 is 24.2 Å².